The summed E-state index contributed by atoms with van der Waals surface area (Å²) in [5.74, 6) is -0.00464. The first-order valence-corrected chi connectivity index (χ1v) is 14.6. The fraction of sp³-hybridized carbons (Fsp3) is 0.484. The average molecular weight is 584 g/mol. The topological polar surface area (TPSA) is 86.0 Å². The van der Waals surface area contributed by atoms with Crippen LogP contribution in [0, 0.1) is 12.7 Å². The Kier molecular flexibility index (Phi) is 7.70. The number of carbonyl (C=O) groups is 1. The number of para-hydroxylation sites is 1. The molecule has 0 unspecified atom stereocenters. The van der Waals surface area contributed by atoms with Crippen molar-refractivity contribution in [1.29, 1.82) is 0 Å². The summed E-state index contributed by atoms with van der Waals surface area (Å²) in [4.78, 5) is 18.5. The molecule has 10 heteroatoms. The van der Waals surface area contributed by atoms with Gasteiger partial charge >= 0.3 is 5.97 Å². The van der Waals surface area contributed by atoms with Crippen molar-refractivity contribution in [1.82, 2.24) is 14.5 Å². The van der Waals surface area contributed by atoms with Crippen LogP contribution >= 0.6 is 11.6 Å². The molecule has 2 fully saturated rings. The van der Waals surface area contributed by atoms with Gasteiger partial charge in [-0.3, -0.25) is 9.69 Å². The predicted octanol–water partition coefficient (Wildman–Crippen LogP) is 5.81. The zero-order valence-electron chi connectivity index (χ0n) is 23.4. The summed E-state index contributed by atoms with van der Waals surface area (Å²) >= 11 is 5.96. The third-order valence-corrected chi connectivity index (χ3v) is 8.77. The van der Waals surface area contributed by atoms with Crippen LogP contribution in [-0.4, -0.2) is 51.3 Å². The van der Waals surface area contributed by atoms with Crippen molar-refractivity contribution in [3.8, 4) is 11.5 Å². The quantitative estimate of drug-likeness (QED) is 0.340. The van der Waals surface area contributed by atoms with Gasteiger partial charge in [0.2, 0.25) is 0 Å². The number of rotatable bonds is 9. The number of ether oxygens (including phenoxy) is 3. The lowest BCUT2D eigenvalue weighted by Gasteiger charge is -2.33. The van der Waals surface area contributed by atoms with Gasteiger partial charge in [0.15, 0.2) is 11.5 Å². The van der Waals surface area contributed by atoms with E-state index >= 15 is 0 Å². The van der Waals surface area contributed by atoms with E-state index in [1.807, 2.05) is 19.1 Å². The lowest BCUT2D eigenvalue weighted by molar-refractivity contribution is -0.137. The first kappa shape index (κ1) is 28.0. The molecule has 3 aromatic rings. The molecule has 0 saturated carbocycles. The van der Waals surface area contributed by atoms with E-state index in [0.29, 0.717) is 41.6 Å². The number of aryl methyl sites for hydroxylation is 1. The number of halogens is 2. The Labute approximate surface area is 244 Å². The largest absolute Gasteiger partial charge is 0.481 e. The average Bonchev–Trinajstić information content (AvgIpc) is 3.40. The number of fused-ring (bicyclic) bond motifs is 1. The minimum Gasteiger partial charge on any atom is -0.481 e. The number of nitrogens with zero attached hydrogens (tertiary/aromatic N) is 3. The highest BCUT2D eigenvalue weighted by Gasteiger charge is 2.43. The first-order chi connectivity index (χ1) is 19.7. The zero-order chi connectivity index (χ0) is 28.7. The van der Waals surface area contributed by atoms with E-state index < -0.39 is 17.6 Å². The van der Waals surface area contributed by atoms with E-state index in [9.17, 15) is 14.3 Å². The SMILES string of the molecule is Cc1nc(CN2CCC(c3cccc4c3O[C@@](C)(c3ccc(Cl)cc3F)O4)CC2)n(C[C@@H]2CCO2)c1CCC(=O)O. The Hall–Kier alpha value is -3.14. The second-order valence-corrected chi connectivity index (χ2v) is 11.8. The van der Waals surface area contributed by atoms with Crippen molar-refractivity contribution in [2.75, 3.05) is 19.7 Å². The monoisotopic (exact) mass is 583 g/mol. The number of hydrogen-bond acceptors (Lipinski definition) is 6. The minimum atomic E-state index is -1.27. The smallest absolute Gasteiger partial charge is 0.303 e. The Morgan fingerprint density at radius 3 is 2.66 bits per heavy atom. The molecule has 4 heterocycles. The molecule has 3 aliphatic heterocycles. The number of benzene rings is 2. The molecule has 1 N–H and O–H groups in total. The number of imidazole rings is 1. The summed E-state index contributed by atoms with van der Waals surface area (Å²) in [6, 6.07) is 10.4. The van der Waals surface area contributed by atoms with Crippen molar-refractivity contribution in [3.63, 3.8) is 0 Å². The second kappa shape index (κ2) is 11.3. The van der Waals surface area contributed by atoms with Gasteiger partial charge in [-0.25, -0.2) is 9.37 Å². The Balaban J connectivity index is 1.15. The van der Waals surface area contributed by atoms with Crippen LogP contribution in [0.25, 0.3) is 0 Å². The molecule has 0 aliphatic carbocycles. The molecule has 3 aliphatic rings. The second-order valence-electron chi connectivity index (χ2n) is 11.3. The van der Waals surface area contributed by atoms with Gasteiger partial charge in [0.25, 0.3) is 5.79 Å². The van der Waals surface area contributed by atoms with Gasteiger partial charge < -0.3 is 23.9 Å². The third-order valence-electron chi connectivity index (χ3n) is 8.53. The summed E-state index contributed by atoms with van der Waals surface area (Å²) in [5, 5.41) is 9.57. The van der Waals surface area contributed by atoms with Crippen LogP contribution in [0.3, 0.4) is 0 Å². The molecular weight excluding hydrogens is 549 g/mol. The summed E-state index contributed by atoms with van der Waals surface area (Å²) < 4.78 is 35.2. The number of carboxylic acid groups (broad SMARTS) is 1. The predicted molar refractivity (Wildman–Crippen MR) is 151 cm³/mol. The number of hydrogen-bond donors (Lipinski definition) is 1. The van der Waals surface area contributed by atoms with Crippen molar-refractivity contribution in [3.05, 3.63) is 75.6 Å². The summed E-state index contributed by atoms with van der Waals surface area (Å²) in [7, 11) is 0. The van der Waals surface area contributed by atoms with Gasteiger partial charge in [-0.05, 0) is 75.9 Å². The van der Waals surface area contributed by atoms with E-state index in [-0.39, 0.29) is 18.4 Å². The van der Waals surface area contributed by atoms with Crippen LogP contribution < -0.4 is 9.47 Å². The normalized spacial score (nSPS) is 22.6. The van der Waals surface area contributed by atoms with Crippen molar-refractivity contribution >= 4 is 17.6 Å². The van der Waals surface area contributed by atoms with Crippen LogP contribution in [-0.2, 0) is 34.8 Å². The molecular formula is C31H35ClFN3O5. The van der Waals surface area contributed by atoms with Crippen LogP contribution in [0.1, 0.15) is 66.9 Å². The van der Waals surface area contributed by atoms with Crippen LogP contribution in [0.2, 0.25) is 5.02 Å². The molecule has 1 aromatic heterocycles. The summed E-state index contributed by atoms with van der Waals surface area (Å²) in [5.41, 5.74) is 3.27. The van der Waals surface area contributed by atoms with Gasteiger partial charge in [0.1, 0.15) is 11.6 Å². The van der Waals surface area contributed by atoms with Crippen molar-refractivity contribution in [2.24, 2.45) is 0 Å². The van der Waals surface area contributed by atoms with E-state index in [1.54, 1.807) is 19.1 Å². The maximum absolute atomic E-state index is 14.8. The highest BCUT2D eigenvalue weighted by molar-refractivity contribution is 6.30. The first-order valence-electron chi connectivity index (χ1n) is 14.3. The summed E-state index contributed by atoms with van der Waals surface area (Å²) in [6.07, 6.45) is 3.58. The molecule has 2 saturated heterocycles. The Morgan fingerprint density at radius 2 is 1.98 bits per heavy atom. The lowest BCUT2D eigenvalue weighted by atomic mass is 9.88. The number of aromatic nitrogens is 2. The number of piperidine rings is 1. The summed E-state index contributed by atoms with van der Waals surface area (Å²) in [6.45, 7) is 7.65. The molecule has 0 bridgehead atoms. The number of carboxylic acids is 1. The maximum Gasteiger partial charge on any atom is 0.303 e. The van der Waals surface area contributed by atoms with E-state index in [2.05, 4.69) is 15.5 Å². The van der Waals surface area contributed by atoms with Gasteiger partial charge in [-0.1, -0.05) is 23.7 Å². The standard InChI is InChI=1S/C31H35ClFN3O5/c1-19-26(8-9-29(37)38)36(17-22-12-15-39-22)28(34-19)18-35-13-10-20(11-14-35)23-4-3-5-27-30(23)41-31(2,40-27)24-7-6-21(32)16-25(24)33/h3-7,16,20,22H,8-15,17-18H2,1-2H3,(H,37,38)/t22-,31-/m0/s1. The Morgan fingerprint density at radius 1 is 1.20 bits per heavy atom. The van der Waals surface area contributed by atoms with Gasteiger partial charge in [0, 0.05) is 29.8 Å². The zero-order valence-corrected chi connectivity index (χ0v) is 24.1. The molecule has 0 radical (unpaired) electrons. The van der Waals surface area contributed by atoms with Crippen LogP contribution in [0.15, 0.2) is 36.4 Å². The maximum atomic E-state index is 14.8. The van der Waals surface area contributed by atoms with Crippen LogP contribution in [0.5, 0.6) is 11.5 Å². The van der Waals surface area contributed by atoms with E-state index in [0.717, 1.165) is 61.7 Å². The van der Waals surface area contributed by atoms with Gasteiger partial charge in [0.05, 0.1) is 36.9 Å². The van der Waals surface area contributed by atoms with Crippen LogP contribution in [0.4, 0.5) is 4.39 Å². The van der Waals surface area contributed by atoms with Gasteiger partial charge in [-0.2, -0.15) is 0 Å². The Bertz CT molecular complexity index is 1450. The highest BCUT2D eigenvalue weighted by atomic mass is 35.5. The van der Waals surface area contributed by atoms with Crippen molar-refractivity contribution < 1.29 is 28.5 Å². The molecule has 2 aromatic carbocycles. The molecule has 218 valence electrons. The van der Waals surface area contributed by atoms with E-state index in [4.69, 9.17) is 30.8 Å². The van der Waals surface area contributed by atoms with Crippen molar-refractivity contribution in [2.45, 2.75) is 76.9 Å². The fourth-order valence-electron chi connectivity index (χ4n) is 6.22. The molecule has 0 spiro atoms. The number of likely N-dealkylation sites (tertiary alicyclic amines) is 1. The molecule has 8 nitrogen and oxygen atoms in total. The molecule has 6 rings (SSSR count). The highest BCUT2D eigenvalue weighted by Crippen LogP contribution is 2.49. The minimum absolute atomic E-state index is 0.0831. The fourth-order valence-corrected chi connectivity index (χ4v) is 6.38. The third kappa shape index (κ3) is 5.67. The molecule has 2 atom stereocenters. The molecule has 0 amide bonds. The lowest BCUT2D eigenvalue weighted by Crippen LogP contribution is -2.36. The molecule has 41 heavy (non-hydrogen) atoms. The van der Waals surface area contributed by atoms with E-state index in [1.165, 1.54) is 6.07 Å². The number of aliphatic carboxylic acids is 1. The van der Waals surface area contributed by atoms with Gasteiger partial charge in [-0.15, -0.1) is 0 Å².